The van der Waals surface area contributed by atoms with Crippen molar-refractivity contribution >= 4 is 5.91 Å². The highest BCUT2D eigenvalue weighted by Gasteiger charge is 2.36. The monoisotopic (exact) mass is 311 g/mol. The summed E-state index contributed by atoms with van der Waals surface area (Å²) in [6.45, 7) is 0. The van der Waals surface area contributed by atoms with Crippen LogP contribution in [0.4, 0.5) is 0 Å². The van der Waals surface area contributed by atoms with E-state index in [9.17, 15) is 4.79 Å². The zero-order valence-corrected chi connectivity index (χ0v) is 13.2. The molecular formula is C17H21N5O. The Bertz CT molecular complexity index is 670. The molecule has 1 N–H and O–H groups in total. The van der Waals surface area contributed by atoms with E-state index in [1.165, 1.54) is 12.8 Å². The molecule has 1 aromatic carbocycles. The van der Waals surface area contributed by atoms with E-state index < -0.39 is 0 Å². The molecule has 3 heterocycles. The van der Waals surface area contributed by atoms with Crippen LogP contribution in [-0.4, -0.2) is 50.7 Å². The lowest BCUT2D eigenvalue weighted by atomic mass is 9.98. The minimum absolute atomic E-state index is 0.103. The smallest absolute Gasteiger partial charge is 0.253 e. The second kappa shape index (κ2) is 5.77. The Morgan fingerprint density at radius 2 is 1.74 bits per heavy atom. The van der Waals surface area contributed by atoms with Gasteiger partial charge in [0.15, 0.2) is 0 Å². The molecule has 2 bridgehead atoms. The fourth-order valence-corrected chi connectivity index (χ4v) is 3.82. The van der Waals surface area contributed by atoms with Gasteiger partial charge in [0.2, 0.25) is 0 Å². The summed E-state index contributed by atoms with van der Waals surface area (Å²) in [6.07, 6.45) is 7.92. The molecule has 2 saturated heterocycles. The van der Waals surface area contributed by atoms with Crippen molar-refractivity contribution in [2.75, 3.05) is 7.05 Å². The summed E-state index contributed by atoms with van der Waals surface area (Å²) in [5.41, 5.74) is 1.68. The van der Waals surface area contributed by atoms with Crippen LogP contribution < -0.4 is 5.32 Å². The molecule has 2 aliphatic rings. The molecule has 2 fully saturated rings. The van der Waals surface area contributed by atoms with Crippen LogP contribution in [-0.2, 0) is 0 Å². The van der Waals surface area contributed by atoms with E-state index in [2.05, 4.69) is 15.5 Å². The number of fused-ring (bicyclic) bond motifs is 2. The lowest BCUT2D eigenvalue weighted by Crippen LogP contribution is -2.48. The number of aromatic nitrogens is 3. The number of nitrogens with one attached hydrogen (secondary N) is 1. The van der Waals surface area contributed by atoms with Crippen LogP contribution in [0.15, 0.2) is 36.9 Å². The summed E-state index contributed by atoms with van der Waals surface area (Å²) in [6, 6.07) is 9.13. The number of nitrogens with zero attached hydrogens (tertiary/aromatic N) is 4. The lowest BCUT2D eigenvalue weighted by Gasteiger charge is -2.35. The summed E-state index contributed by atoms with van der Waals surface area (Å²) in [5, 5.41) is 11.2. The molecule has 120 valence electrons. The molecule has 2 atom stereocenters. The minimum atomic E-state index is 0.103. The van der Waals surface area contributed by atoms with Crippen LogP contribution in [0.3, 0.4) is 0 Å². The van der Waals surface area contributed by atoms with Crippen molar-refractivity contribution in [1.82, 2.24) is 25.0 Å². The molecule has 2 unspecified atom stereocenters. The average Bonchev–Trinajstić information content (AvgIpc) is 3.23. The molecular weight excluding hydrogens is 290 g/mol. The topological polar surface area (TPSA) is 63.1 Å². The third kappa shape index (κ3) is 2.74. The first-order valence-electron chi connectivity index (χ1n) is 8.19. The maximum absolute atomic E-state index is 12.7. The molecule has 1 amide bonds. The number of hydrogen-bond acceptors (Lipinski definition) is 4. The van der Waals surface area contributed by atoms with Gasteiger partial charge in [0.25, 0.3) is 5.91 Å². The molecule has 2 aromatic rings. The number of carbonyl (C=O) groups is 1. The molecule has 23 heavy (non-hydrogen) atoms. The molecule has 4 rings (SSSR count). The van der Waals surface area contributed by atoms with E-state index in [1.54, 1.807) is 12.7 Å². The Morgan fingerprint density at radius 3 is 2.35 bits per heavy atom. The highest BCUT2D eigenvalue weighted by atomic mass is 16.2. The van der Waals surface area contributed by atoms with Gasteiger partial charge in [0, 0.05) is 36.4 Å². The Hall–Kier alpha value is -2.21. The van der Waals surface area contributed by atoms with Crippen molar-refractivity contribution in [2.45, 2.75) is 43.8 Å². The molecule has 2 aliphatic heterocycles. The third-order valence-electron chi connectivity index (χ3n) is 5.15. The predicted octanol–water partition coefficient (Wildman–Crippen LogP) is 1.62. The van der Waals surface area contributed by atoms with Crippen molar-refractivity contribution < 1.29 is 4.79 Å². The van der Waals surface area contributed by atoms with Crippen LogP contribution in [0, 0.1) is 0 Å². The zero-order valence-electron chi connectivity index (χ0n) is 13.2. The largest absolute Gasteiger partial charge is 0.339 e. The molecule has 6 heteroatoms. The van der Waals surface area contributed by atoms with E-state index in [0.29, 0.717) is 18.1 Å². The predicted molar refractivity (Wildman–Crippen MR) is 86.4 cm³/mol. The van der Waals surface area contributed by atoms with Gasteiger partial charge in [-0.2, -0.15) is 0 Å². The van der Waals surface area contributed by atoms with Crippen LogP contribution in [0.2, 0.25) is 0 Å². The molecule has 1 aromatic heterocycles. The summed E-state index contributed by atoms with van der Waals surface area (Å²) < 4.78 is 1.82. The fourth-order valence-electron chi connectivity index (χ4n) is 3.82. The summed E-state index contributed by atoms with van der Waals surface area (Å²) in [7, 11) is 1.94. The first-order chi connectivity index (χ1) is 11.2. The van der Waals surface area contributed by atoms with E-state index in [1.807, 2.05) is 40.8 Å². The maximum atomic E-state index is 12.7. The summed E-state index contributed by atoms with van der Waals surface area (Å²) in [5.74, 6) is 0.103. The summed E-state index contributed by atoms with van der Waals surface area (Å²) >= 11 is 0. The Balaban J connectivity index is 1.48. The fraction of sp³-hybridized carbons (Fsp3) is 0.471. The summed E-state index contributed by atoms with van der Waals surface area (Å²) in [4.78, 5) is 14.7. The van der Waals surface area contributed by atoms with Crippen LogP contribution >= 0.6 is 0 Å². The van der Waals surface area contributed by atoms with Gasteiger partial charge in [-0.1, -0.05) is 0 Å². The molecule has 0 radical (unpaired) electrons. The SMILES string of the molecule is CN(C(=O)c1ccc(-n2cnnc2)cc1)C1CC2CCC(C1)N2. The Kier molecular flexibility index (Phi) is 3.61. The molecule has 0 spiro atoms. The first-order valence-corrected chi connectivity index (χ1v) is 8.19. The number of rotatable bonds is 3. The van der Waals surface area contributed by atoms with Crippen molar-refractivity contribution in [1.29, 1.82) is 0 Å². The van der Waals surface area contributed by atoms with Gasteiger partial charge in [0.1, 0.15) is 12.7 Å². The minimum Gasteiger partial charge on any atom is -0.339 e. The molecule has 6 nitrogen and oxygen atoms in total. The van der Waals surface area contributed by atoms with E-state index in [-0.39, 0.29) is 5.91 Å². The van der Waals surface area contributed by atoms with Gasteiger partial charge in [-0.3, -0.25) is 9.36 Å². The second-order valence-electron chi connectivity index (χ2n) is 6.60. The average molecular weight is 311 g/mol. The Labute approximate surface area is 135 Å². The van der Waals surface area contributed by atoms with E-state index in [4.69, 9.17) is 0 Å². The third-order valence-corrected chi connectivity index (χ3v) is 5.15. The van der Waals surface area contributed by atoms with Crippen molar-refractivity contribution in [2.24, 2.45) is 0 Å². The first kappa shape index (κ1) is 14.4. The highest BCUT2D eigenvalue weighted by molar-refractivity contribution is 5.94. The maximum Gasteiger partial charge on any atom is 0.253 e. The van der Waals surface area contributed by atoms with Crippen LogP contribution in [0.1, 0.15) is 36.0 Å². The normalized spacial score (nSPS) is 26.2. The van der Waals surface area contributed by atoms with Crippen LogP contribution in [0.5, 0.6) is 0 Å². The van der Waals surface area contributed by atoms with Gasteiger partial charge >= 0.3 is 0 Å². The number of hydrogen-bond donors (Lipinski definition) is 1. The van der Waals surface area contributed by atoms with Gasteiger partial charge < -0.3 is 10.2 Å². The standard InChI is InChI=1S/C17H21N5O/c1-21(16-8-13-4-5-14(9-16)20-13)17(23)12-2-6-15(7-3-12)22-10-18-19-11-22/h2-3,6-7,10-11,13-14,16,20H,4-5,8-9H2,1H3. The quantitative estimate of drug-likeness (QED) is 0.935. The van der Waals surface area contributed by atoms with Gasteiger partial charge in [-0.05, 0) is 49.9 Å². The van der Waals surface area contributed by atoms with Crippen LogP contribution in [0.25, 0.3) is 5.69 Å². The van der Waals surface area contributed by atoms with Crippen molar-refractivity contribution in [3.8, 4) is 5.69 Å². The van der Waals surface area contributed by atoms with Gasteiger partial charge in [-0.15, -0.1) is 10.2 Å². The van der Waals surface area contributed by atoms with Gasteiger partial charge in [-0.25, -0.2) is 0 Å². The van der Waals surface area contributed by atoms with Crippen molar-refractivity contribution in [3.63, 3.8) is 0 Å². The zero-order chi connectivity index (χ0) is 15.8. The molecule has 0 saturated carbocycles. The second-order valence-corrected chi connectivity index (χ2v) is 6.60. The molecule has 0 aliphatic carbocycles. The number of benzene rings is 1. The lowest BCUT2D eigenvalue weighted by molar-refractivity contribution is 0.0681. The van der Waals surface area contributed by atoms with E-state index >= 15 is 0 Å². The highest BCUT2D eigenvalue weighted by Crippen LogP contribution is 2.29. The van der Waals surface area contributed by atoms with Crippen molar-refractivity contribution in [3.05, 3.63) is 42.5 Å². The van der Waals surface area contributed by atoms with E-state index in [0.717, 1.165) is 24.1 Å². The Morgan fingerprint density at radius 1 is 1.13 bits per heavy atom. The van der Waals surface area contributed by atoms with Gasteiger partial charge in [0.05, 0.1) is 0 Å². The number of carbonyl (C=O) groups excluding carboxylic acids is 1. The number of amides is 1. The number of piperidine rings is 1.